The van der Waals surface area contributed by atoms with E-state index in [9.17, 15) is 0 Å². The van der Waals surface area contributed by atoms with E-state index in [2.05, 4.69) is 45.4 Å². The maximum atomic E-state index is 4.78. The SMILES string of the molecule is CCCNc1nc(N2CCN(CC)CC2)c2ccsc2n1. The van der Waals surface area contributed by atoms with Crippen LogP contribution in [0.15, 0.2) is 11.4 Å². The van der Waals surface area contributed by atoms with E-state index in [-0.39, 0.29) is 0 Å². The highest BCUT2D eigenvalue weighted by molar-refractivity contribution is 7.16. The van der Waals surface area contributed by atoms with Crippen LogP contribution in [-0.4, -0.2) is 54.1 Å². The third-order valence-corrected chi connectivity index (χ3v) is 4.76. The molecule has 1 N–H and O–H groups in total. The summed E-state index contributed by atoms with van der Waals surface area (Å²) in [7, 11) is 0. The average molecular weight is 305 g/mol. The van der Waals surface area contributed by atoms with Crippen molar-refractivity contribution in [3.05, 3.63) is 11.4 Å². The second-order valence-electron chi connectivity index (χ2n) is 5.36. The number of likely N-dealkylation sites (N-methyl/N-ethyl adjacent to an activating group) is 1. The number of hydrogen-bond acceptors (Lipinski definition) is 6. The number of hydrogen-bond donors (Lipinski definition) is 1. The van der Waals surface area contributed by atoms with Crippen molar-refractivity contribution in [3.8, 4) is 0 Å². The first-order valence-corrected chi connectivity index (χ1v) is 8.66. The molecule has 5 nitrogen and oxygen atoms in total. The minimum absolute atomic E-state index is 0.764. The van der Waals surface area contributed by atoms with Crippen LogP contribution in [0, 0.1) is 0 Å². The lowest BCUT2D eigenvalue weighted by Crippen LogP contribution is -2.46. The fraction of sp³-hybridized carbons (Fsp3) is 0.600. The van der Waals surface area contributed by atoms with E-state index in [0.717, 1.165) is 62.3 Å². The first-order valence-electron chi connectivity index (χ1n) is 7.78. The van der Waals surface area contributed by atoms with Crippen molar-refractivity contribution >= 4 is 33.3 Å². The Kier molecular flexibility index (Phi) is 4.55. The first-order chi connectivity index (χ1) is 10.3. The van der Waals surface area contributed by atoms with Crippen molar-refractivity contribution in [1.82, 2.24) is 14.9 Å². The molecule has 2 aromatic heterocycles. The van der Waals surface area contributed by atoms with Crippen LogP contribution in [0.5, 0.6) is 0 Å². The summed E-state index contributed by atoms with van der Waals surface area (Å²) >= 11 is 1.69. The van der Waals surface area contributed by atoms with Gasteiger partial charge in [-0.25, -0.2) is 4.98 Å². The fourth-order valence-electron chi connectivity index (χ4n) is 2.67. The van der Waals surface area contributed by atoms with Crippen molar-refractivity contribution in [3.63, 3.8) is 0 Å². The highest BCUT2D eigenvalue weighted by atomic mass is 32.1. The number of nitrogens with one attached hydrogen (secondary N) is 1. The van der Waals surface area contributed by atoms with Gasteiger partial charge in [-0.2, -0.15) is 4.98 Å². The van der Waals surface area contributed by atoms with Gasteiger partial charge in [0.25, 0.3) is 0 Å². The zero-order valence-electron chi connectivity index (χ0n) is 12.8. The van der Waals surface area contributed by atoms with Gasteiger partial charge in [0.05, 0.1) is 5.39 Å². The summed E-state index contributed by atoms with van der Waals surface area (Å²) in [6.45, 7) is 10.8. The number of anilines is 2. The number of aromatic nitrogens is 2. The molecule has 1 fully saturated rings. The topological polar surface area (TPSA) is 44.3 Å². The predicted molar refractivity (Wildman–Crippen MR) is 90.5 cm³/mol. The molecule has 0 unspecified atom stereocenters. The Bertz CT molecular complexity index is 589. The molecule has 114 valence electrons. The molecule has 0 aliphatic carbocycles. The van der Waals surface area contributed by atoms with Crippen LogP contribution in [0.4, 0.5) is 11.8 Å². The maximum absolute atomic E-state index is 4.78. The summed E-state index contributed by atoms with van der Waals surface area (Å²) in [5.74, 6) is 1.86. The molecular weight excluding hydrogens is 282 g/mol. The summed E-state index contributed by atoms with van der Waals surface area (Å²) < 4.78 is 0. The Balaban J connectivity index is 1.87. The van der Waals surface area contributed by atoms with Gasteiger partial charge in [0, 0.05) is 32.7 Å². The molecule has 0 amide bonds. The van der Waals surface area contributed by atoms with E-state index in [1.807, 2.05) is 0 Å². The highest BCUT2D eigenvalue weighted by Gasteiger charge is 2.20. The van der Waals surface area contributed by atoms with Crippen LogP contribution in [0.2, 0.25) is 0 Å². The number of fused-ring (bicyclic) bond motifs is 1. The molecule has 21 heavy (non-hydrogen) atoms. The summed E-state index contributed by atoms with van der Waals surface area (Å²) in [4.78, 5) is 15.4. The van der Waals surface area contributed by atoms with Gasteiger partial charge in [0.1, 0.15) is 10.6 Å². The van der Waals surface area contributed by atoms with Crippen molar-refractivity contribution in [1.29, 1.82) is 0 Å². The fourth-order valence-corrected chi connectivity index (χ4v) is 3.43. The Hall–Kier alpha value is -1.40. The molecule has 1 saturated heterocycles. The molecule has 0 saturated carbocycles. The summed E-state index contributed by atoms with van der Waals surface area (Å²) in [6.07, 6.45) is 1.08. The van der Waals surface area contributed by atoms with E-state index in [1.165, 1.54) is 5.39 Å². The molecule has 3 heterocycles. The van der Waals surface area contributed by atoms with Crippen LogP contribution in [0.3, 0.4) is 0 Å². The van der Waals surface area contributed by atoms with E-state index < -0.39 is 0 Å². The zero-order valence-corrected chi connectivity index (χ0v) is 13.6. The smallest absolute Gasteiger partial charge is 0.226 e. The normalized spacial score (nSPS) is 16.6. The van der Waals surface area contributed by atoms with Gasteiger partial charge < -0.3 is 15.1 Å². The van der Waals surface area contributed by atoms with Crippen molar-refractivity contribution in [2.45, 2.75) is 20.3 Å². The van der Waals surface area contributed by atoms with E-state index in [1.54, 1.807) is 11.3 Å². The van der Waals surface area contributed by atoms with Crippen LogP contribution in [-0.2, 0) is 0 Å². The summed E-state index contributed by atoms with van der Waals surface area (Å²) in [6, 6.07) is 2.14. The van der Waals surface area contributed by atoms with Crippen LogP contribution in [0.25, 0.3) is 10.2 Å². The van der Waals surface area contributed by atoms with Gasteiger partial charge in [-0.1, -0.05) is 13.8 Å². The molecule has 6 heteroatoms. The lowest BCUT2D eigenvalue weighted by molar-refractivity contribution is 0.271. The number of nitrogens with zero attached hydrogens (tertiary/aromatic N) is 4. The van der Waals surface area contributed by atoms with E-state index in [0.29, 0.717) is 0 Å². The first kappa shape index (κ1) is 14.5. The Morgan fingerprint density at radius 2 is 2.00 bits per heavy atom. The predicted octanol–water partition coefficient (Wildman–Crippen LogP) is 2.66. The van der Waals surface area contributed by atoms with Gasteiger partial charge in [0.15, 0.2) is 0 Å². The molecule has 0 bridgehead atoms. The zero-order chi connectivity index (χ0) is 14.7. The van der Waals surface area contributed by atoms with Crippen molar-refractivity contribution < 1.29 is 0 Å². The van der Waals surface area contributed by atoms with Gasteiger partial charge in [-0.3, -0.25) is 0 Å². The van der Waals surface area contributed by atoms with Crippen LogP contribution in [0.1, 0.15) is 20.3 Å². The second kappa shape index (κ2) is 6.58. The molecule has 0 spiro atoms. The molecule has 3 rings (SSSR count). The molecule has 1 aliphatic heterocycles. The van der Waals surface area contributed by atoms with Crippen molar-refractivity contribution in [2.75, 3.05) is 49.5 Å². The Morgan fingerprint density at radius 1 is 1.19 bits per heavy atom. The molecular formula is C15H23N5S. The van der Waals surface area contributed by atoms with Crippen LogP contribution < -0.4 is 10.2 Å². The largest absolute Gasteiger partial charge is 0.354 e. The number of thiophene rings is 1. The molecule has 1 aliphatic rings. The lowest BCUT2D eigenvalue weighted by atomic mass is 10.3. The quantitative estimate of drug-likeness (QED) is 0.920. The van der Waals surface area contributed by atoms with Gasteiger partial charge in [0.2, 0.25) is 5.95 Å². The summed E-state index contributed by atoms with van der Waals surface area (Å²) in [5, 5.41) is 6.62. The van der Waals surface area contributed by atoms with Gasteiger partial charge in [-0.15, -0.1) is 11.3 Å². The molecule has 0 atom stereocenters. The van der Waals surface area contributed by atoms with Gasteiger partial charge >= 0.3 is 0 Å². The highest BCUT2D eigenvalue weighted by Crippen LogP contribution is 2.29. The number of piperazine rings is 1. The molecule has 2 aromatic rings. The standard InChI is InChI=1S/C15H23N5S/c1-3-6-16-15-17-13(12-5-11-21-14(12)18-15)20-9-7-19(4-2)8-10-20/h5,11H,3-4,6-10H2,1-2H3,(H,16,17,18). The minimum atomic E-state index is 0.764. The number of rotatable bonds is 5. The van der Waals surface area contributed by atoms with Crippen LogP contribution >= 0.6 is 11.3 Å². The molecule has 0 radical (unpaired) electrons. The third kappa shape index (κ3) is 3.11. The van der Waals surface area contributed by atoms with E-state index in [4.69, 9.17) is 4.98 Å². The van der Waals surface area contributed by atoms with Crippen molar-refractivity contribution in [2.24, 2.45) is 0 Å². The Labute approximate surface area is 130 Å². The van der Waals surface area contributed by atoms with E-state index >= 15 is 0 Å². The second-order valence-corrected chi connectivity index (χ2v) is 6.25. The average Bonchev–Trinajstić information content (AvgIpc) is 3.00. The maximum Gasteiger partial charge on any atom is 0.226 e. The monoisotopic (exact) mass is 305 g/mol. The Morgan fingerprint density at radius 3 is 2.71 bits per heavy atom. The van der Waals surface area contributed by atoms with Gasteiger partial charge in [-0.05, 0) is 24.4 Å². The lowest BCUT2D eigenvalue weighted by Gasteiger charge is -2.35. The molecule has 0 aromatic carbocycles. The summed E-state index contributed by atoms with van der Waals surface area (Å²) in [5.41, 5.74) is 0. The third-order valence-electron chi connectivity index (χ3n) is 3.96. The minimum Gasteiger partial charge on any atom is -0.354 e.